The van der Waals surface area contributed by atoms with Gasteiger partial charge in [-0.25, -0.2) is 0 Å². The molecule has 1 aliphatic rings. The van der Waals surface area contributed by atoms with Gasteiger partial charge >= 0.3 is 0 Å². The lowest BCUT2D eigenvalue weighted by Gasteiger charge is -2.26. The molecule has 13 heavy (non-hydrogen) atoms. The van der Waals surface area contributed by atoms with Crippen molar-refractivity contribution in [3.63, 3.8) is 0 Å². The minimum Gasteiger partial charge on any atom is -0.378 e. The van der Waals surface area contributed by atoms with Crippen molar-refractivity contribution in [2.45, 2.75) is 31.8 Å². The van der Waals surface area contributed by atoms with Gasteiger partial charge in [-0.2, -0.15) is 0 Å². The fraction of sp³-hybridized carbons (Fsp3) is 0.500. The number of hydrogen-bond donors (Lipinski definition) is 0. The van der Waals surface area contributed by atoms with Gasteiger partial charge in [-0.3, -0.25) is 0 Å². The fourth-order valence-corrected chi connectivity index (χ4v) is 1.87. The van der Waals surface area contributed by atoms with Crippen molar-refractivity contribution in [1.29, 1.82) is 0 Å². The third-order valence-electron chi connectivity index (χ3n) is 2.77. The van der Waals surface area contributed by atoms with Gasteiger partial charge in [-0.1, -0.05) is 30.3 Å². The predicted octanol–water partition coefficient (Wildman–Crippen LogP) is 2.97. The summed E-state index contributed by atoms with van der Waals surface area (Å²) in [5.41, 5.74) is 1.43. The van der Waals surface area contributed by atoms with Crippen LogP contribution in [0.5, 0.6) is 0 Å². The minimum absolute atomic E-state index is 0.458. The zero-order valence-corrected chi connectivity index (χ0v) is 8.07. The number of rotatable bonds is 1. The molecule has 70 valence electrons. The van der Waals surface area contributed by atoms with E-state index in [1.54, 1.807) is 0 Å². The zero-order chi connectivity index (χ0) is 9.10. The number of benzene rings is 1. The highest BCUT2D eigenvalue weighted by molar-refractivity contribution is 5.19. The molecule has 0 bridgehead atoms. The Balaban J connectivity index is 2.03. The van der Waals surface area contributed by atoms with Crippen molar-refractivity contribution in [1.82, 2.24) is 0 Å². The molecule has 2 rings (SSSR count). The van der Waals surface area contributed by atoms with Crippen molar-refractivity contribution < 1.29 is 4.74 Å². The fourth-order valence-electron chi connectivity index (χ4n) is 1.87. The first-order valence-electron chi connectivity index (χ1n) is 5.03. The van der Waals surface area contributed by atoms with Crippen LogP contribution in [-0.2, 0) is 4.74 Å². The average Bonchev–Trinajstić information content (AvgIpc) is 2.20. The van der Waals surface area contributed by atoms with Crippen molar-refractivity contribution >= 4 is 0 Å². The summed E-state index contributed by atoms with van der Waals surface area (Å²) in [6.07, 6.45) is 2.92. The molecule has 1 aromatic rings. The topological polar surface area (TPSA) is 9.23 Å². The Morgan fingerprint density at radius 1 is 1.15 bits per heavy atom. The third kappa shape index (κ3) is 2.10. The largest absolute Gasteiger partial charge is 0.378 e. The lowest BCUT2D eigenvalue weighted by molar-refractivity contribution is 0.0155. The van der Waals surface area contributed by atoms with Gasteiger partial charge in [0.15, 0.2) is 0 Å². The normalized spacial score (nSPS) is 28.7. The third-order valence-corrected chi connectivity index (χ3v) is 2.77. The Bertz CT molecular complexity index is 247. The summed E-state index contributed by atoms with van der Waals surface area (Å²) in [6, 6.07) is 10.7. The Morgan fingerprint density at radius 2 is 1.92 bits per heavy atom. The molecule has 1 heteroatoms. The first kappa shape index (κ1) is 8.76. The number of ether oxygens (including phenoxy) is 1. The van der Waals surface area contributed by atoms with Crippen LogP contribution in [0.4, 0.5) is 0 Å². The average molecular weight is 176 g/mol. The van der Waals surface area contributed by atoms with Crippen LogP contribution >= 0.6 is 0 Å². The minimum atomic E-state index is 0.458. The summed E-state index contributed by atoms with van der Waals surface area (Å²) in [7, 11) is 0. The second kappa shape index (κ2) is 3.93. The van der Waals surface area contributed by atoms with E-state index in [2.05, 4.69) is 37.3 Å². The second-order valence-electron chi connectivity index (χ2n) is 3.83. The maximum atomic E-state index is 5.64. The molecule has 2 atom stereocenters. The smallest absolute Gasteiger partial charge is 0.0547 e. The van der Waals surface area contributed by atoms with E-state index in [0.29, 0.717) is 12.0 Å². The van der Waals surface area contributed by atoms with E-state index < -0.39 is 0 Å². The van der Waals surface area contributed by atoms with Crippen LogP contribution in [0.2, 0.25) is 0 Å². The quantitative estimate of drug-likeness (QED) is 0.639. The van der Waals surface area contributed by atoms with Gasteiger partial charge in [0.25, 0.3) is 0 Å². The maximum Gasteiger partial charge on any atom is 0.0547 e. The molecule has 1 nitrogen and oxygen atoms in total. The molecule has 0 radical (unpaired) electrons. The summed E-state index contributed by atoms with van der Waals surface area (Å²) in [5.74, 6) is 0.623. The standard InChI is InChI=1S/C12H16O/c1-10-7-8-12(9-13-10)11-5-3-2-4-6-11/h2-6,10,12H,7-9H2,1H3/t10-,12-/m0/s1. The highest BCUT2D eigenvalue weighted by Crippen LogP contribution is 2.27. The van der Waals surface area contributed by atoms with E-state index >= 15 is 0 Å². The van der Waals surface area contributed by atoms with Crippen LogP contribution in [0.25, 0.3) is 0 Å². The Morgan fingerprint density at radius 3 is 2.54 bits per heavy atom. The first-order valence-corrected chi connectivity index (χ1v) is 5.03. The van der Waals surface area contributed by atoms with E-state index in [-0.39, 0.29) is 0 Å². The lowest BCUT2D eigenvalue weighted by atomic mass is 9.92. The molecule has 1 aliphatic heterocycles. The molecule has 0 spiro atoms. The van der Waals surface area contributed by atoms with Crippen LogP contribution in [0.3, 0.4) is 0 Å². The lowest BCUT2D eigenvalue weighted by Crippen LogP contribution is -2.22. The molecule has 0 amide bonds. The molecule has 0 aliphatic carbocycles. The van der Waals surface area contributed by atoms with Crippen molar-refractivity contribution in [3.05, 3.63) is 35.9 Å². The Kier molecular flexibility index (Phi) is 2.65. The summed E-state index contributed by atoms with van der Waals surface area (Å²) >= 11 is 0. The van der Waals surface area contributed by atoms with Gasteiger partial charge in [0.2, 0.25) is 0 Å². The van der Waals surface area contributed by atoms with Crippen LogP contribution in [0.15, 0.2) is 30.3 Å². The molecular weight excluding hydrogens is 160 g/mol. The monoisotopic (exact) mass is 176 g/mol. The van der Waals surface area contributed by atoms with E-state index in [1.807, 2.05) is 0 Å². The van der Waals surface area contributed by atoms with Crippen LogP contribution in [-0.4, -0.2) is 12.7 Å². The van der Waals surface area contributed by atoms with Gasteiger partial charge in [-0.05, 0) is 25.3 Å². The highest BCUT2D eigenvalue weighted by atomic mass is 16.5. The zero-order valence-electron chi connectivity index (χ0n) is 8.07. The van der Waals surface area contributed by atoms with Crippen molar-refractivity contribution in [2.75, 3.05) is 6.61 Å². The number of hydrogen-bond acceptors (Lipinski definition) is 1. The van der Waals surface area contributed by atoms with E-state index in [4.69, 9.17) is 4.74 Å². The molecule has 1 heterocycles. The summed E-state index contributed by atoms with van der Waals surface area (Å²) in [6.45, 7) is 3.05. The van der Waals surface area contributed by atoms with Gasteiger partial charge in [-0.15, -0.1) is 0 Å². The van der Waals surface area contributed by atoms with Gasteiger partial charge in [0, 0.05) is 5.92 Å². The Labute approximate surface area is 79.7 Å². The highest BCUT2D eigenvalue weighted by Gasteiger charge is 2.19. The van der Waals surface area contributed by atoms with Crippen LogP contribution < -0.4 is 0 Å². The second-order valence-corrected chi connectivity index (χ2v) is 3.83. The summed E-state index contributed by atoms with van der Waals surface area (Å²) in [4.78, 5) is 0. The first-order chi connectivity index (χ1) is 6.36. The molecular formula is C12H16O. The molecule has 1 aromatic carbocycles. The van der Waals surface area contributed by atoms with Crippen LogP contribution in [0, 0.1) is 0 Å². The van der Waals surface area contributed by atoms with E-state index in [0.717, 1.165) is 6.61 Å². The predicted molar refractivity (Wildman–Crippen MR) is 53.8 cm³/mol. The van der Waals surface area contributed by atoms with Crippen molar-refractivity contribution in [3.8, 4) is 0 Å². The maximum absolute atomic E-state index is 5.64. The Hall–Kier alpha value is -0.820. The SMILES string of the molecule is C[C@H]1CC[C@H](c2ccccc2)CO1. The van der Waals surface area contributed by atoms with Crippen LogP contribution in [0.1, 0.15) is 31.2 Å². The summed E-state index contributed by atoms with van der Waals surface area (Å²) in [5, 5.41) is 0. The van der Waals surface area contributed by atoms with Gasteiger partial charge < -0.3 is 4.74 Å². The van der Waals surface area contributed by atoms with E-state index in [1.165, 1.54) is 18.4 Å². The molecule has 1 saturated heterocycles. The summed E-state index contributed by atoms with van der Waals surface area (Å²) < 4.78 is 5.64. The van der Waals surface area contributed by atoms with Gasteiger partial charge in [0.1, 0.15) is 0 Å². The van der Waals surface area contributed by atoms with Gasteiger partial charge in [0.05, 0.1) is 12.7 Å². The molecule has 0 N–H and O–H groups in total. The molecule has 0 saturated carbocycles. The molecule has 0 unspecified atom stereocenters. The van der Waals surface area contributed by atoms with E-state index in [9.17, 15) is 0 Å². The molecule has 1 fully saturated rings. The van der Waals surface area contributed by atoms with Crippen molar-refractivity contribution in [2.24, 2.45) is 0 Å². The molecule has 0 aromatic heterocycles.